The summed E-state index contributed by atoms with van der Waals surface area (Å²) < 4.78 is 10.9. The number of hydrazine groups is 1. The second-order valence-corrected chi connectivity index (χ2v) is 4.14. The first-order valence-corrected chi connectivity index (χ1v) is 5.22. The van der Waals surface area contributed by atoms with Gasteiger partial charge in [-0.1, -0.05) is 6.92 Å². The molecule has 16 heavy (non-hydrogen) atoms. The summed E-state index contributed by atoms with van der Waals surface area (Å²) in [6, 6.07) is 3.27. The molecule has 0 fully saturated rings. The molecule has 1 amide bonds. The van der Waals surface area contributed by atoms with Crippen LogP contribution in [0.25, 0.3) is 0 Å². The Hall–Kier alpha value is -1.33. The molecule has 0 aliphatic rings. The number of ether oxygens (including phenoxy) is 1. The molecule has 3 N–H and O–H groups in total. The third kappa shape index (κ3) is 3.36. The summed E-state index contributed by atoms with van der Waals surface area (Å²) >= 11 is 0. The van der Waals surface area contributed by atoms with E-state index in [0.717, 1.165) is 6.42 Å². The van der Waals surface area contributed by atoms with Crippen molar-refractivity contribution in [2.75, 3.05) is 0 Å². The lowest BCUT2D eigenvalue weighted by Gasteiger charge is -2.22. The molecule has 1 heterocycles. The van der Waals surface area contributed by atoms with Gasteiger partial charge in [0.1, 0.15) is 12.4 Å². The van der Waals surface area contributed by atoms with E-state index in [9.17, 15) is 4.79 Å². The van der Waals surface area contributed by atoms with Crippen molar-refractivity contribution >= 4 is 5.91 Å². The van der Waals surface area contributed by atoms with Crippen molar-refractivity contribution in [3.05, 3.63) is 23.7 Å². The lowest BCUT2D eigenvalue weighted by Crippen LogP contribution is -2.29. The van der Waals surface area contributed by atoms with Crippen LogP contribution in [-0.2, 0) is 11.3 Å². The standard InChI is InChI=1S/C11H18N2O3/c1-4-11(2,3)15-7-8-5-6-9(16-8)10(14)13-12/h5-6H,4,7,12H2,1-3H3,(H,13,14). The van der Waals surface area contributed by atoms with Gasteiger partial charge in [0, 0.05) is 0 Å². The van der Waals surface area contributed by atoms with Gasteiger partial charge in [-0.15, -0.1) is 0 Å². The molecule has 0 radical (unpaired) electrons. The highest BCUT2D eigenvalue weighted by atomic mass is 16.5. The summed E-state index contributed by atoms with van der Waals surface area (Å²) in [6.07, 6.45) is 0.907. The molecule has 0 atom stereocenters. The van der Waals surface area contributed by atoms with Crippen molar-refractivity contribution in [3.63, 3.8) is 0 Å². The Morgan fingerprint density at radius 1 is 1.56 bits per heavy atom. The Kier molecular flexibility index (Phi) is 4.09. The summed E-state index contributed by atoms with van der Waals surface area (Å²) in [6.45, 7) is 6.40. The lowest BCUT2D eigenvalue weighted by atomic mass is 10.1. The number of hydrogen-bond acceptors (Lipinski definition) is 4. The van der Waals surface area contributed by atoms with Crippen molar-refractivity contribution in [2.45, 2.75) is 39.4 Å². The first-order chi connectivity index (χ1) is 7.48. The van der Waals surface area contributed by atoms with Crippen LogP contribution in [0, 0.1) is 0 Å². The van der Waals surface area contributed by atoms with Crippen LogP contribution in [0.5, 0.6) is 0 Å². The van der Waals surface area contributed by atoms with Gasteiger partial charge < -0.3 is 9.15 Å². The van der Waals surface area contributed by atoms with E-state index in [1.807, 2.05) is 19.3 Å². The van der Waals surface area contributed by atoms with E-state index in [-0.39, 0.29) is 11.4 Å². The molecule has 1 aromatic rings. The molecule has 0 unspecified atom stereocenters. The number of nitrogens with one attached hydrogen (secondary N) is 1. The van der Waals surface area contributed by atoms with Gasteiger partial charge in [0.15, 0.2) is 5.76 Å². The zero-order chi connectivity index (χ0) is 12.2. The van der Waals surface area contributed by atoms with Crippen LogP contribution in [0.15, 0.2) is 16.5 Å². The van der Waals surface area contributed by atoms with Gasteiger partial charge in [0.05, 0.1) is 5.60 Å². The largest absolute Gasteiger partial charge is 0.453 e. The Bertz CT molecular complexity index is 358. The van der Waals surface area contributed by atoms with E-state index in [4.69, 9.17) is 15.0 Å². The molecule has 90 valence electrons. The Balaban J connectivity index is 2.56. The minimum atomic E-state index is -0.444. The average Bonchev–Trinajstić information content (AvgIpc) is 2.74. The minimum absolute atomic E-state index is 0.190. The summed E-state index contributed by atoms with van der Waals surface area (Å²) in [5.41, 5.74) is 1.81. The smallest absolute Gasteiger partial charge is 0.300 e. The first-order valence-electron chi connectivity index (χ1n) is 5.22. The summed E-state index contributed by atoms with van der Waals surface area (Å²) in [5.74, 6) is 5.35. The van der Waals surface area contributed by atoms with E-state index in [0.29, 0.717) is 12.4 Å². The van der Waals surface area contributed by atoms with Gasteiger partial charge in [-0.05, 0) is 32.4 Å². The highest BCUT2D eigenvalue weighted by molar-refractivity contribution is 5.90. The van der Waals surface area contributed by atoms with Crippen LogP contribution in [0.4, 0.5) is 0 Å². The van der Waals surface area contributed by atoms with Crippen molar-refractivity contribution in [3.8, 4) is 0 Å². The van der Waals surface area contributed by atoms with Gasteiger partial charge in [-0.2, -0.15) is 0 Å². The second-order valence-electron chi connectivity index (χ2n) is 4.14. The van der Waals surface area contributed by atoms with Gasteiger partial charge >= 0.3 is 5.91 Å². The Labute approximate surface area is 94.9 Å². The van der Waals surface area contributed by atoms with Crippen molar-refractivity contribution in [2.24, 2.45) is 5.84 Å². The summed E-state index contributed by atoms with van der Waals surface area (Å²) in [7, 11) is 0. The maximum atomic E-state index is 11.1. The fraction of sp³-hybridized carbons (Fsp3) is 0.545. The normalized spacial score (nSPS) is 11.5. The van der Waals surface area contributed by atoms with E-state index >= 15 is 0 Å². The molecule has 1 rings (SSSR count). The zero-order valence-electron chi connectivity index (χ0n) is 9.87. The number of carbonyl (C=O) groups excluding carboxylic acids is 1. The average molecular weight is 226 g/mol. The van der Waals surface area contributed by atoms with E-state index in [1.54, 1.807) is 12.1 Å². The SMILES string of the molecule is CCC(C)(C)OCc1ccc(C(=O)NN)o1. The number of nitrogens with two attached hydrogens (primary N) is 1. The predicted octanol–water partition coefficient (Wildman–Crippen LogP) is 1.59. The minimum Gasteiger partial charge on any atom is -0.453 e. The molecule has 0 aliphatic heterocycles. The van der Waals surface area contributed by atoms with Gasteiger partial charge in [0.25, 0.3) is 0 Å². The number of carbonyl (C=O) groups is 1. The molecule has 0 saturated heterocycles. The Morgan fingerprint density at radius 3 is 2.81 bits per heavy atom. The number of hydrogen-bond donors (Lipinski definition) is 2. The molecular formula is C11H18N2O3. The molecule has 0 aromatic carbocycles. The number of furan rings is 1. The maximum absolute atomic E-state index is 11.1. The van der Waals surface area contributed by atoms with E-state index < -0.39 is 5.91 Å². The van der Waals surface area contributed by atoms with Crippen LogP contribution >= 0.6 is 0 Å². The number of nitrogen functional groups attached to an aromatic ring is 1. The second kappa shape index (κ2) is 5.14. The topological polar surface area (TPSA) is 77.5 Å². The van der Waals surface area contributed by atoms with Gasteiger partial charge in [-0.25, -0.2) is 5.84 Å². The van der Waals surface area contributed by atoms with Crippen molar-refractivity contribution < 1.29 is 13.9 Å². The van der Waals surface area contributed by atoms with Crippen molar-refractivity contribution in [1.82, 2.24) is 5.43 Å². The van der Waals surface area contributed by atoms with Gasteiger partial charge in [-0.3, -0.25) is 10.2 Å². The molecule has 5 nitrogen and oxygen atoms in total. The molecule has 0 bridgehead atoms. The van der Waals surface area contributed by atoms with Crippen LogP contribution < -0.4 is 11.3 Å². The fourth-order valence-corrected chi connectivity index (χ4v) is 1.02. The van der Waals surface area contributed by atoms with Crippen LogP contribution in [0.1, 0.15) is 43.5 Å². The number of rotatable bonds is 5. The molecular weight excluding hydrogens is 208 g/mol. The zero-order valence-corrected chi connectivity index (χ0v) is 9.87. The summed E-state index contributed by atoms with van der Waals surface area (Å²) in [4.78, 5) is 11.1. The maximum Gasteiger partial charge on any atom is 0.300 e. The monoisotopic (exact) mass is 226 g/mol. The highest BCUT2D eigenvalue weighted by Gasteiger charge is 2.17. The first kappa shape index (κ1) is 12.7. The lowest BCUT2D eigenvalue weighted by molar-refractivity contribution is -0.0385. The van der Waals surface area contributed by atoms with Crippen molar-refractivity contribution in [1.29, 1.82) is 0 Å². The van der Waals surface area contributed by atoms with E-state index in [1.165, 1.54) is 0 Å². The third-order valence-electron chi connectivity index (χ3n) is 2.47. The van der Waals surface area contributed by atoms with Crippen LogP contribution in [0.2, 0.25) is 0 Å². The molecule has 0 aliphatic carbocycles. The van der Waals surface area contributed by atoms with Gasteiger partial charge in [0.2, 0.25) is 0 Å². The quantitative estimate of drug-likeness (QED) is 0.454. The van der Waals surface area contributed by atoms with Crippen LogP contribution in [0.3, 0.4) is 0 Å². The molecule has 1 aromatic heterocycles. The Morgan fingerprint density at radius 2 is 2.25 bits per heavy atom. The highest BCUT2D eigenvalue weighted by Crippen LogP contribution is 2.17. The third-order valence-corrected chi connectivity index (χ3v) is 2.47. The molecule has 0 spiro atoms. The fourth-order valence-electron chi connectivity index (χ4n) is 1.02. The van der Waals surface area contributed by atoms with E-state index in [2.05, 4.69) is 6.92 Å². The molecule has 0 saturated carbocycles. The molecule has 5 heteroatoms. The predicted molar refractivity (Wildman–Crippen MR) is 59.5 cm³/mol. The van der Waals surface area contributed by atoms with Crippen LogP contribution in [-0.4, -0.2) is 11.5 Å². The summed E-state index contributed by atoms with van der Waals surface area (Å²) in [5, 5.41) is 0. The number of amides is 1.